The lowest BCUT2D eigenvalue weighted by Crippen LogP contribution is -1.97. The van der Waals surface area contributed by atoms with Crippen LogP contribution in [0.15, 0.2) is 58.0 Å². The highest BCUT2D eigenvalue weighted by Crippen LogP contribution is 2.14. The van der Waals surface area contributed by atoms with Gasteiger partial charge in [0.2, 0.25) is 0 Å². The van der Waals surface area contributed by atoms with Crippen molar-refractivity contribution in [3.63, 3.8) is 0 Å². The highest BCUT2D eigenvalue weighted by Gasteiger charge is 2.10. The summed E-state index contributed by atoms with van der Waals surface area (Å²) in [6.45, 7) is 3.72. The van der Waals surface area contributed by atoms with Gasteiger partial charge >= 0.3 is 0 Å². The number of benzene rings is 1. The second-order valence-corrected chi connectivity index (χ2v) is 2.45. The maximum Gasteiger partial charge on any atom is 0.122 e. The summed E-state index contributed by atoms with van der Waals surface area (Å²) >= 11 is 0. The van der Waals surface area contributed by atoms with Crippen LogP contribution in [0.4, 0.5) is 0 Å². The second-order valence-electron chi connectivity index (χ2n) is 2.45. The van der Waals surface area contributed by atoms with Crippen LogP contribution < -0.4 is 0 Å². The van der Waals surface area contributed by atoms with E-state index in [9.17, 15) is 0 Å². The average Bonchev–Trinajstić information content (AvgIpc) is 2.53. The fourth-order valence-corrected chi connectivity index (χ4v) is 1.05. The molecule has 1 heterocycles. The molecule has 2 rings (SSSR count). The Balaban J connectivity index is 2.40. The minimum atomic E-state index is 0.626. The topological polar surface area (TPSA) is 37.1 Å². The molecule has 0 atom stereocenters. The zero-order valence-corrected chi connectivity index (χ0v) is 6.44. The van der Waals surface area contributed by atoms with Crippen LogP contribution in [-0.2, 0) is 0 Å². The minimum Gasteiger partial charge on any atom is -0.129 e. The Morgan fingerprint density at radius 3 is 2.42 bits per heavy atom. The molecule has 58 valence electrons. The van der Waals surface area contributed by atoms with Crippen LogP contribution in [-0.4, -0.2) is 5.71 Å². The van der Waals surface area contributed by atoms with Gasteiger partial charge in [0.15, 0.2) is 0 Å². The van der Waals surface area contributed by atoms with Crippen molar-refractivity contribution in [1.82, 2.24) is 0 Å². The van der Waals surface area contributed by atoms with Crippen LogP contribution in [0, 0.1) is 0 Å². The van der Waals surface area contributed by atoms with Crippen molar-refractivity contribution in [3.8, 4) is 0 Å². The molecule has 0 aliphatic carbocycles. The zero-order chi connectivity index (χ0) is 8.39. The highest BCUT2D eigenvalue weighted by atomic mass is 15.4. The van der Waals surface area contributed by atoms with E-state index in [2.05, 4.69) is 22.0 Å². The zero-order valence-electron chi connectivity index (χ0n) is 6.44. The highest BCUT2D eigenvalue weighted by molar-refractivity contribution is 6.12. The maximum absolute atomic E-state index is 3.86. The van der Waals surface area contributed by atoms with Crippen LogP contribution in [0.2, 0.25) is 0 Å². The summed E-state index contributed by atoms with van der Waals surface area (Å²) < 4.78 is 0. The molecule has 0 unspecified atom stereocenters. The summed E-state index contributed by atoms with van der Waals surface area (Å²) in [6.07, 6.45) is 0. The lowest BCUT2D eigenvalue weighted by Gasteiger charge is -1.96. The van der Waals surface area contributed by atoms with E-state index in [0.717, 1.165) is 11.3 Å². The van der Waals surface area contributed by atoms with Crippen molar-refractivity contribution >= 4 is 5.71 Å². The van der Waals surface area contributed by atoms with Gasteiger partial charge in [-0.25, -0.2) is 0 Å². The quantitative estimate of drug-likeness (QED) is 0.600. The van der Waals surface area contributed by atoms with Gasteiger partial charge in [-0.3, -0.25) is 0 Å². The summed E-state index contributed by atoms with van der Waals surface area (Å²) in [5, 5.41) is 11.1. The van der Waals surface area contributed by atoms with Gasteiger partial charge in [0, 0.05) is 5.56 Å². The average molecular weight is 157 g/mol. The van der Waals surface area contributed by atoms with Crippen LogP contribution in [0.3, 0.4) is 0 Å². The minimum absolute atomic E-state index is 0.626. The van der Waals surface area contributed by atoms with Gasteiger partial charge in [-0.05, 0) is 5.22 Å². The first-order chi connectivity index (χ1) is 5.88. The molecular formula is C9H7N3. The molecule has 1 aliphatic heterocycles. The van der Waals surface area contributed by atoms with Gasteiger partial charge in [-0.2, -0.15) is 0 Å². The number of hydrogen-bond acceptors (Lipinski definition) is 3. The Kier molecular flexibility index (Phi) is 1.55. The molecule has 0 bridgehead atoms. The first kappa shape index (κ1) is 6.91. The Bertz CT molecular complexity index is 363. The van der Waals surface area contributed by atoms with Gasteiger partial charge in [0.05, 0.1) is 0 Å². The Labute approximate surface area is 70.1 Å². The van der Waals surface area contributed by atoms with Crippen LogP contribution >= 0.6 is 0 Å². The molecule has 3 nitrogen and oxygen atoms in total. The predicted octanol–water partition coefficient (Wildman–Crippen LogP) is 2.37. The molecule has 0 fully saturated rings. The van der Waals surface area contributed by atoms with Gasteiger partial charge in [-0.15, -0.1) is 10.2 Å². The third-order valence-electron chi connectivity index (χ3n) is 1.63. The normalized spacial score (nSPS) is 15.0. The van der Waals surface area contributed by atoms with Crippen molar-refractivity contribution in [2.75, 3.05) is 0 Å². The molecule has 12 heavy (non-hydrogen) atoms. The van der Waals surface area contributed by atoms with Crippen molar-refractivity contribution in [3.05, 3.63) is 48.2 Å². The molecular weight excluding hydrogens is 150 g/mol. The van der Waals surface area contributed by atoms with Gasteiger partial charge in [0.25, 0.3) is 0 Å². The fraction of sp³-hybridized carbons (Fsp3) is 0. The van der Waals surface area contributed by atoms with E-state index in [0.29, 0.717) is 5.70 Å². The molecule has 1 aliphatic rings. The molecule has 0 saturated heterocycles. The van der Waals surface area contributed by atoms with Gasteiger partial charge in [0.1, 0.15) is 11.4 Å². The number of allylic oxidation sites excluding steroid dienone is 1. The van der Waals surface area contributed by atoms with E-state index in [4.69, 9.17) is 0 Å². The van der Waals surface area contributed by atoms with E-state index in [1.165, 1.54) is 0 Å². The van der Waals surface area contributed by atoms with E-state index in [1.807, 2.05) is 30.3 Å². The van der Waals surface area contributed by atoms with Gasteiger partial charge < -0.3 is 0 Å². The summed E-state index contributed by atoms with van der Waals surface area (Å²) in [5.41, 5.74) is 2.39. The van der Waals surface area contributed by atoms with Crippen LogP contribution in [0.1, 0.15) is 5.56 Å². The summed E-state index contributed by atoms with van der Waals surface area (Å²) in [7, 11) is 0. The number of rotatable bonds is 1. The smallest absolute Gasteiger partial charge is 0.122 e. The van der Waals surface area contributed by atoms with Crippen molar-refractivity contribution in [1.29, 1.82) is 0 Å². The molecule has 0 spiro atoms. The number of hydrogen-bond donors (Lipinski definition) is 0. The maximum atomic E-state index is 3.86. The SMILES string of the molecule is C=C1N=NN=C1c1ccccc1. The van der Waals surface area contributed by atoms with E-state index in [-0.39, 0.29) is 0 Å². The standard InChI is InChI=1S/C9H7N3/c1-7-9(11-12-10-7)8-5-3-2-4-6-8/h2-6H,1H2. The van der Waals surface area contributed by atoms with Gasteiger partial charge in [-0.1, -0.05) is 36.9 Å². The first-order valence-corrected chi connectivity index (χ1v) is 3.61. The van der Waals surface area contributed by atoms with Crippen molar-refractivity contribution in [2.45, 2.75) is 0 Å². The molecule has 0 radical (unpaired) electrons. The molecule has 1 aromatic rings. The molecule has 1 aromatic carbocycles. The molecule has 0 amide bonds. The fourth-order valence-electron chi connectivity index (χ4n) is 1.05. The Morgan fingerprint density at radius 2 is 1.83 bits per heavy atom. The molecule has 0 aromatic heterocycles. The van der Waals surface area contributed by atoms with Crippen LogP contribution in [0.5, 0.6) is 0 Å². The summed E-state index contributed by atoms with van der Waals surface area (Å²) in [4.78, 5) is 0. The Morgan fingerprint density at radius 1 is 1.08 bits per heavy atom. The first-order valence-electron chi connectivity index (χ1n) is 3.61. The molecule has 0 saturated carbocycles. The predicted molar refractivity (Wildman–Crippen MR) is 47.0 cm³/mol. The third kappa shape index (κ3) is 1.05. The molecule has 3 heteroatoms. The number of nitrogens with zero attached hydrogens (tertiary/aromatic N) is 3. The largest absolute Gasteiger partial charge is 0.129 e. The third-order valence-corrected chi connectivity index (χ3v) is 1.63. The summed E-state index contributed by atoms with van der Waals surface area (Å²) in [5.74, 6) is 0. The lowest BCUT2D eigenvalue weighted by atomic mass is 10.1. The monoisotopic (exact) mass is 157 g/mol. The summed E-state index contributed by atoms with van der Waals surface area (Å²) in [6, 6.07) is 9.77. The van der Waals surface area contributed by atoms with Crippen LogP contribution in [0.25, 0.3) is 0 Å². The molecule has 0 N–H and O–H groups in total. The Hall–Kier alpha value is -1.77. The lowest BCUT2D eigenvalue weighted by molar-refractivity contribution is 1.10. The second kappa shape index (κ2) is 2.70. The van der Waals surface area contributed by atoms with E-state index in [1.54, 1.807) is 0 Å². The van der Waals surface area contributed by atoms with E-state index < -0.39 is 0 Å². The van der Waals surface area contributed by atoms with Crippen molar-refractivity contribution in [2.24, 2.45) is 15.4 Å². The van der Waals surface area contributed by atoms with Crippen molar-refractivity contribution < 1.29 is 0 Å². The van der Waals surface area contributed by atoms with E-state index >= 15 is 0 Å².